The van der Waals surface area contributed by atoms with Gasteiger partial charge in [-0.15, -0.1) is 0 Å². The van der Waals surface area contributed by atoms with Gasteiger partial charge in [-0.3, -0.25) is 0 Å². The molecule has 3 rings (SSSR count). The van der Waals surface area contributed by atoms with Crippen LogP contribution in [0.5, 0.6) is 5.75 Å². The summed E-state index contributed by atoms with van der Waals surface area (Å²) in [6.45, 7) is 5.30. The van der Waals surface area contributed by atoms with E-state index in [2.05, 4.69) is 46.0 Å². The Morgan fingerprint density at radius 2 is 1.83 bits per heavy atom. The maximum Gasteiger partial charge on any atom is 0.119 e. The average Bonchev–Trinajstić information content (AvgIpc) is 2.99. The van der Waals surface area contributed by atoms with E-state index in [4.69, 9.17) is 11.6 Å². The molecule has 1 aliphatic heterocycles. The van der Waals surface area contributed by atoms with Crippen LogP contribution < -0.4 is 0 Å². The van der Waals surface area contributed by atoms with Gasteiger partial charge in [0, 0.05) is 40.0 Å². The second-order valence-electron chi connectivity index (χ2n) is 6.55. The van der Waals surface area contributed by atoms with Gasteiger partial charge in [-0.1, -0.05) is 59.1 Å². The highest BCUT2D eigenvalue weighted by Crippen LogP contribution is 2.45. The lowest BCUT2D eigenvalue weighted by molar-refractivity contribution is 0.324. The molecule has 1 saturated heterocycles. The number of phenols is 1. The Morgan fingerprint density at radius 3 is 2.54 bits per heavy atom. The van der Waals surface area contributed by atoms with Crippen LogP contribution >= 0.6 is 27.5 Å². The summed E-state index contributed by atoms with van der Waals surface area (Å²) < 4.78 is 1.14. The fraction of sp³-hybridized carbons (Fsp3) is 0.400. The zero-order chi connectivity index (χ0) is 17.1. The predicted molar refractivity (Wildman–Crippen MR) is 104 cm³/mol. The fourth-order valence-corrected chi connectivity index (χ4v) is 4.44. The second-order valence-corrected chi connectivity index (χ2v) is 7.84. The molecule has 1 aliphatic rings. The monoisotopic (exact) mass is 407 g/mol. The van der Waals surface area contributed by atoms with Crippen molar-refractivity contribution >= 4 is 27.5 Å². The first-order valence-electron chi connectivity index (χ1n) is 8.55. The number of rotatable bonds is 5. The third-order valence-corrected chi connectivity index (χ3v) is 5.87. The maximum atomic E-state index is 10.4. The van der Waals surface area contributed by atoms with Crippen LogP contribution in [-0.2, 0) is 0 Å². The molecule has 2 aromatic carbocycles. The van der Waals surface area contributed by atoms with Gasteiger partial charge < -0.3 is 10.0 Å². The summed E-state index contributed by atoms with van der Waals surface area (Å²) in [6, 6.07) is 13.8. The Bertz CT molecular complexity index is 706. The van der Waals surface area contributed by atoms with Crippen molar-refractivity contribution in [2.75, 3.05) is 19.6 Å². The van der Waals surface area contributed by atoms with E-state index < -0.39 is 0 Å². The molecule has 0 spiro atoms. The highest BCUT2D eigenvalue weighted by molar-refractivity contribution is 9.10. The van der Waals surface area contributed by atoms with E-state index in [1.165, 1.54) is 18.4 Å². The third kappa shape index (κ3) is 3.79. The maximum absolute atomic E-state index is 10.4. The van der Waals surface area contributed by atoms with Crippen LogP contribution in [-0.4, -0.2) is 29.6 Å². The van der Waals surface area contributed by atoms with Gasteiger partial charge in [0.15, 0.2) is 0 Å². The second kappa shape index (κ2) is 7.90. The first-order valence-corrected chi connectivity index (χ1v) is 9.72. The molecule has 0 saturated carbocycles. The molecule has 0 aromatic heterocycles. The van der Waals surface area contributed by atoms with Gasteiger partial charge in [0.05, 0.1) is 0 Å². The molecule has 0 bridgehead atoms. The lowest BCUT2D eigenvalue weighted by Gasteiger charge is -2.21. The van der Waals surface area contributed by atoms with Crippen LogP contribution in [0.1, 0.15) is 42.7 Å². The van der Waals surface area contributed by atoms with Gasteiger partial charge >= 0.3 is 0 Å². The first kappa shape index (κ1) is 17.8. The molecule has 2 nitrogen and oxygen atoms in total. The minimum Gasteiger partial charge on any atom is -0.508 e. The average molecular weight is 409 g/mol. The number of hydrogen-bond acceptors (Lipinski definition) is 2. The number of aromatic hydroxyl groups is 1. The number of benzene rings is 2. The van der Waals surface area contributed by atoms with E-state index in [0.29, 0.717) is 16.7 Å². The van der Waals surface area contributed by atoms with Crippen molar-refractivity contribution in [1.29, 1.82) is 0 Å². The normalized spacial score (nSPS) is 21.3. The van der Waals surface area contributed by atoms with Gasteiger partial charge in [0.1, 0.15) is 5.75 Å². The van der Waals surface area contributed by atoms with Gasteiger partial charge in [0.2, 0.25) is 0 Å². The van der Waals surface area contributed by atoms with Crippen LogP contribution in [0, 0.1) is 0 Å². The number of nitrogens with zero attached hydrogens (tertiary/aromatic N) is 1. The smallest absolute Gasteiger partial charge is 0.119 e. The molecule has 1 fully saturated rings. The van der Waals surface area contributed by atoms with Crippen molar-refractivity contribution in [2.45, 2.75) is 31.6 Å². The van der Waals surface area contributed by atoms with Crippen LogP contribution in [0.25, 0.3) is 0 Å². The van der Waals surface area contributed by atoms with E-state index in [9.17, 15) is 5.11 Å². The van der Waals surface area contributed by atoms with E-state index in [0.717, 1.165) is 29.7 Å². The molecule has 1 N–H and O–H groups in total. The molecule has 4 heteroatoms. The number of halogens is 2. The third-order valence-electron chi connectivity index (χ3n) is 4.92. The topological polar surface area (TPSA) is 23.5 Å². The zero-order valence-corrected chi connectivity index (χ0v) is 16.2. The fourth-order valence-electron chi connectivity index (χ4n) is 3.68. The van der Waals surface area contributed by atoms with Gasteiger partial charge in [0.25, 0.3) is 0 Å². The van der Waals surface area contributed by atoms with E-state index in [1.807, 2.05) is 12.1 Å². The van der Waals surface area contributed by atoms with Gasteiger partial charge in [-0.2, -0.15) is 0 Å². The summed E-state index contributed by atoms with van der Waals surface area (Å²) in [5, 5.41) is 11.1. The molecule has 0 aliphatic carbocycles. The molecule has 2 atom stereocenters. The molecule has 2 unspecified atom stereocenters. The first-order chi connectivity index (χ1) is 11.6. The van der Waals surface area contributed by atoms with Crippen LogP contribution in [0.15, 0.2) is 46.9 Å². The Hall–Kier alpha value is -1.03. The number of likely N-dealkylation sites (tertiary alicyclic amines) is 1. The summed E-state index contributed by atoms with van der Waals surface area (Å²) in [6.07, 6.45) is 2.40. The van der Waals surface area contributed by atoms with Crippen molar-refractivity contribution in [3.8, 4) is 5.75 Å². The molecule has 128 valence electrons. The lowest BCUT2D eigenvalue weighted by atomic mass is 9.84. The van der Waals surface area contributed by atoms with E-state index >= 15 is 0 Å². The minimum atomic E-state index is 0.249. The van der Waals surface area contributed by atoms with Crippen LogP contribution in [0.4, 0.5) is 0 Å². The van der Waals surface area contributed by atoms with Crippen molar-refractivity contribution in [1.82, 2.24) is 4.90 Å². The Morgan fingerprint density at radius 1 is 1.12 bits per heavy atom. The summed E-state index contributed by atoms with van der Waals surface area (Å²) in [4.78, 5) is 2.51. The SMILES string of the molecule is CCCCN1CC(c2cc(Cl)ccc2O)C(c2ccccc2Br)C1. The quantitative estimate of drug-likeness (QED) is 0.676. The van der Waals surface area contributed by atoms with Gasteiger partial charge in [-0.05, 0) is 42.8 Å². The predicted octanol–water partition coefficient (Wildman–Crippen LogP) is 5.79. The summed E-state index contributed by atoms with van der Waals surface area (Å²) >= 11 is 9.91. The Kier molecular flexibility index (Phi) is 5.85. The minimum absolute atomic E-state index is 0.249. The van der Waals surface area contributed by atoms with Crippen molar-refractivity contribution in [3.05, 3.63) is 63.1 Å². The van der Waals surface area contributed by atoms with Crippen molar-refractivity contribution < 1.29 is 5.11 Å². The molecular weight excluding hydrogens is 386 g/mol. The number of unbranched alkanes of at least 4 members (excludes halogenated alkanes) is 1. The van der Waals surface area contributed by atoms with E-state index in [-0.39, 0.29) is 5.92 Å². The van der Waals surface area contributed by atoms with Crippen LogP contribution in [0.3, 0.4) is 0 Å². The van der Waals surface area contributed by atoms with Crippen molar-refractivity contribution in [3.63, 3.8) is 0 Å². The molecule has 2 aromatic rings. The van der Waals surface area contributed by atoms with Crippen LogP contribution in [0.2, 0.25) is 5.02 Å². The molecule has 0 amide bonds. The standard InChI is InChI=1S/C20H23BrClNO/c1-2-3-10-23-12-17(15-6-4-5-7-19(15)21)18(13-23)16-11-14(22)8-9-20(16)24/h4-9,11,17-18,24H,2-3,10,12-13H2,1H3. The van der Waals surface area contributed by atoms with E-state index in [1.54, 1.807) is 12.1 Å². The molecule has 0 radical (unpaired) electrons. The number of hydrogen-bond donors (Lipinski definition) is 1. The molecule has 1 heterocycles. The molecule has 24 heavy (non-hydrogen) atoms. The summed E-state index contributed by atoms with van der Waals surface area (Å²) in [5.74, 6) is 0.944. The highest BCUT2D eigenvalue weighted by Gasteiger charge is 2.36. The highest BCUT2D eigenvalue weighted by atomic mass is 79.9. The lowest BCUT2D eigenvalue weighted by Crippen LogP contribution is -2.21. The zero-order valence-electron chi connectivity index (χ0n) is 13.9. The molecular formula is C20H23BrClNO. The largest absolute Gasteiger partial charge is 0.508 e. The van der Waals surface area contributed by atoms with Crippen molar-refractivity contribution in [2.24, 2.45) is 0 Å². The number of phenolic OH excluding ortho intramolecular Hbond substituents is 1. The Labute approximate surface area is 157 Å². The Balaban J connectivity index is 1.96. The summed E-state index contributed by atoms with van der Waals surface area (Å²) in [7, 11) is 0. The van der Waals surface area contributed by atoms with Gasteiger partial charge in [-0.25, -0.2) is 0 Å². The summed E-state index contributed by atoms with van der Waals surface area (Å²) in [5.41, 5.74) is 2.27.